The molecule has 0 aliphatic carbocycles. The molecule has 1 aromatic rings. The lowest BCUT2D eigenvalue weighted by Crippen LogP contribution is -2.49. The number of morpholine rings is 1. The molecule has 0 spiro atoms. The maximum Gasteiger partial charge on any atom is 0.237 e. The van der Waals surface area contributed by atoms with Crippen molar-refractivity contribution in [2.45, 2.75) is 37.6 Å². The van der Waals surface area contributed by atoms with Crippen LogP contribution in [-0.4, -0.2) is 83.6 Å². The summed E-state index contributed by atoms with van der Waals surface area (Å²) in [6, 6.07) is 0.360. The average molecular weight is 393 g/mol. The van der Waals surface area contributed by atoms with Crippen LogP contribution >= 0.6 is 9.24 Å². The molecule has 9 heteroatoms. The highest BCUT2D eigenvalue weighted by Gasteiger charge is 2.27. The Morgan fingerprint density at radius 2 is 2.11 bits per heavy atom. The van der Waals surface area contributed by atoms with Crippen LogP contribution in [0.2, 0.25) is 0 Å². The lowest BCUT2D eigenvalue weighted by atomic mass is 10.1. The predicted octanol–water partition coefficient (Wildman–Crippen LogP) is 0.486. The Morgan fingerprint density at radius 3 is 2.93 bits per heavy atom. The monoisotopic (exact) mass is 393 g/mol. The second kappa shape index (κ2) is 8.78. The van der Waals surface area contributed by atoms with E-state index in [1.54, 1.807) is 0 Å². The van der Waals surface area contributed by atoms with E-state index in [1.165, 1.54) is 0 Å². The van der Waals surface area contributed by atoms with E-state index in [-0.39, 0.29) is 11.7 Å². The summed E-state index contributed by atoms with van der Waals surface area (Å²) in [6.45, 7) is 5.44. The first kappa shape index (κ1) is 19.0. The quantitative estimate of drug-likeness (QED) is 0.746. The van der Waals surface area contributed by atoms with Gasteiger partial charge in [0.1, 0.15) is 0 Å². The van der Waals surface area contributed by atoms with Crippen molar-refractivity contribution >= 4 is 21.1 Å². The van der Waals surface area contributed by atoms with Gasteiger partial charge < -0.3 is 19.7 Å². The smallest absolute Gasteiger partial charge is 0.237 e. The molecule has 1 amide bonds. The molecule has 0 aromatic carbocycles. The van der Waals surface area contributed by atoms with Gasteiger partial charge in [-0.05, 0) is 24.8 Å². The largest absolute Gasteiger partial charge is 0.381 e. The summed E-state index contributed by atoms with van der Waals surface area (Å²) in [5.41, 5.74) is 2.11. The number of carbonyl (C=O) groups excluding carboxylic acids is 1. The molecular weight excluding hydrogens is 365 g/mol. The topological polar surface area (TPSA) is 79.8 Å². The molecule has 4 rings (SSSR count). The summed E-state index contributed by atoms with van der Waals surface area (Å²) in [7, 11) is 2.76. The van der Waals surface area contributed by atoms with Crippen molar-refractivity contribution in [3.63, 3.8) is 0 Å². The fourth-order valence-corrected chi connectivity index (χ4v) is 4.13. The Labute approximate surface area is 162 Å². The summed E-state index contributed by atoms with van der Waals surface area (Å²) in [4.78, 5) is 26.0. The van der Waals surface area contributed by atoms with Gasteiger partial charge in [-0.15, -0.1) is 9.24 Å². The number of anilines is 1. The van der Waals surface area contributed by atoms with Gasteiger partial charge in [-0.3, -0.25) is 9.69 Å². The zero-order valence-electron chi connectivity index (χ0n) is 15.6. The molecule has 0 saturated carbocycles. The van der Waals surface area contributed by atoms with E-state index in [0.29, 0.717) is 38.3 Å². The van der Waals surface area contributed by atoms with Crippen LogP contribution in [0.25, 0.3) is 0 Å². The molecular formula is C18H28N5O3P. The van der Waals surface area contributed by atoms with Crippen LogP contribution in [0.1, 0.15) is 24.1 Å². The van der Waals surface area contributed by atoms with Crippen LogP contribution in [0.4, 0.5) is 5.95 Å². The number of rotatable bonds is 4. The highest BCUT2D eigenvalue weighted by Crippen LogP contribution is 2.20. The molecule has 3 aliphatic rings. The fraction of sp³-hybridized carbons (Fsp3) is 0.722. The van der Waals surface area contributed by atoms with Crippen molar-refractivity contribution < 1.29 is 14.3 Å². The first-order chi connectivity index (χ1) is 13.2. The number of ether oxygens (including phenoxy) is 2. The summed E-state index contributed by atoms with van der Waals surface area (Å²) in [5.74, 6) is 1.03. The third-order valence-electron chi connectivity index (χ3n) is 5.47. The third kappa shape index (κ3) is 4.74. The highest BCUT2D eigenvalue weighted by molar-refractivity contribution is 7.17. The van der Waals surface area contributed by atoms with E-state index in [0.717, 1.165) is 56.8 Å². The number of carbonyl (C=O) groups is 1. The summed E-state index contributed by atoms with van der Waals surface area (Å²) < 4.78 is 10.8. The molecule has 148 valence electrons. The average Bonchev–Trinajstić information content (AvgIpc) is 2.70. The second-order valence-electron chi connectivity index (χ2n) is 7.37. The van der Waals surface area contributed by atoms with Gasteiger partial charge in [0, 0.05) is 44.3 Å². The summed E-state index contributed by atoms with van der Waals surface area (Å²) >= 11 is 0. The Hall–Kier alpha value is -1.34. The summed E-state index contributed by atoms with van der Waals surface area (Å²) in [6.07, 6.45) is 4.67. The molecule has 8 nitrogen and oxygen atoms in total. The molecule has 2 fully saturated rings. The van der Waals surface area contributed by atoms with Gasteiger partial charge in [-0.1, -0.05) is 0 Å². The predicted molar refractivity (Wildman–Crippen MR) is 105 cm³/mol. The molecule has 2 atom stereocenters. The van der Waals surface area contributed by atoms with Crippen LogP contribution in [0.5, 0.6) is 0 Å². The molecule has 0 radical (unpaired) electrons. The zero-order chi connectivity index (χ0) is 18.6. The molecule has 27 heavy (non-hydrogen) atoms. The Kier molecular flexibility index (Phi) is 6.18. The minimum absolute atomic E-state index is 0.160. The second-order valence-corrected chi connectivity index (χ2v) is 8.14. The first-order valence-corrected chi connectivity index (χ1v) is 10.4. The Morgan fingerprint density at radius 1 is 1.26 bits per heavy atom. The van der Waals surface area contributed by atoms with Gasteiger partial charge in [-0.2, -0.15) is 0 Å². The van der Waals surface area contributed by atoms with Crippen LogP contribution in [0.15, 0.2) is 6.20 Å². The zero-order valence-corrected chi connectivity index (χ0v) is 16.8. The van der Waals surface area contributed by atoms with E-state index in [9.17, 15) is 4.79 Å². The van der Waals surface area contributed by atoms with E-state index in [1.807, 2.05) is 11.1 Å². The number of hydrogen-bond acceptors (Lipinski definition) is 7. The molecule has 1 unspecified atom stereocenters. The highest BCUT2D eigenvalue weighted by atomic mass is 31.0. The number of nitrogens with one attached hydrogen (secondary N) is 1. The van der Waals surface area contributed by atoms with Crippen molar-refractivity contribution in [1.29, 1.82) is 0 Å². The number of fused-ring (bicyclic) bond motifs is 1. The third-order valence-corrected chi connectivity index (χ3v) is 6.09. The minimum Gasteiger partial charge on any atom is -0.381 e. The van der Waals surface area contributed by atoms with E-state index < -0.39 is 0 Å². The molecule has 2 saturated heterocycles. The van der Waals surface area contributed by atoms with Crippen molar-refractivity contribution in [3.8, 4) is 0 Å². The lowest BCUT2D eigenvalue weighted by molar-refractivity contribution is -0.134. The van der Waals surface area contributed by atoms with Gasteiger partial charge in [0.25, 0.3) is 0 Å². The van der Waals surface area contributed by atoms with Gasteiger partial charge >= 0.3 is 0 Å². The lowest BCUT2D eigenvalue weighted by Gasteiger charge is -2.35. The number of nitrogens with zero attached hydrogens (tertiary/aromatic N) is 4. The van der Waals surface area contributed by atoms with Crippen molar-refractivity contribution in [2.24, 2.45) is 0 Å². The number of hydrogen-bond donors (Lipinski definition) is 1. The maximum absolute atomic E-state index is 12.8. The number of aromatic nitrogens is 2. The summed E-state index contributed by atoms with van der Waals surface area (Å²) in [5, 5.41) is 3.42. The van der Waals surface area contributed by atoms with Gasteiger partial charge in [0.15, 0.2) is 0 Å². The van der Waals surface area contributed by atoms with E-state index >= 15 is 0 Å². The maximum atomic E-state index is 12.8. The molecule has 1 N–H and O–H groups in total. The van der Waals surface area contributed by atoms with Crippen LogP contribution in [0, 0.1) is 0 Å². The standard InChI is InChI=1S/C18H28N5O3P/c24-16(11-23-5-8-26-12-17(23)27)22-4-1-13-9-19-18(21-15(13)10-22)20-14-2-6-25-7-3-14/h9,14,17H,1-8,10-12,27H2,(H,19,20,21)/t17-/m0/s1. The van der Waals surface area contributed by atoms with Crippen molar-refractivity contribution in [1.82, 2.24) is 19.8 Å². The van der Waals surface area contributed by atoms with Crippen LogP contribution in [0.3, 0.4) is 0 Å². The fourth-order valence-electron chi connectivity index (χ4n) is 3.74. The molecule has 1 aromatic heterocycles. The van der Waals surface area contributed by atoms with Crippen molar-refractivity contribution in [2.75, 3.05) is 51.4 Å². The molecule has 3 aliphatic heterocycles. The molecule has 4 heterocycles. The van der Waals surface area contributed by atoms with E-state index in [2.05, 4.69) is 24.4 Å². The SMILES string of the molecule is O=C(CN1CCOC[C@@H]1P)N1CCc2cnc(NC3CCOCC3)nc2C1. The van der Waals surface area contributed by atoms with E-state index in [4.69, 9.17) is 14.5 Å². The Balaban J connectivity index is 1.37. The van der Waals surface area contributed by atoms with Gasteiger partial charge in [-0.25, -0.2) is 9.97 Å². The number of amides is 1. The van der Waals surface area contributed by atoms with Crippen molar-refractivity contribution in [3.05, 3.63) is 17.5 Å². The Bertz CT molecular complexity index is 670. The molecule has 0 bridgehead atoms. The van der Waals surface area contributed by atoms with Crippen LogP contribution < -0.4 is 5.32 Å². The normalized spacial score (nSPS) is 24.5. The van der Waals surface area contributed by atoms with Gasteiger partial charge in [0.05, 0.1) is 32.0 Å². The van der Waals surface area contributed by atoms with Gasteiger partial charge in [0.2, 0.25) is 11.9 Å². The van der Waals surface area contributed by atoms with Crippen LogP contribution in [-0.2, 0) is 27.2 Å². The first-order valence-electron chi connectivity index (χ1n) is 9.73. The minimum atomic E-state index is 0.160.